The summed E-state index contributed by atoms with van der Waals surface area (Å²) in [5.41, 5.74) is 2.83. The maximum absolute atomic E-state index is 14.9. The average Bonchev–Trinajstić information content (AvgIpc) is 4.05. The van der Waals surface area contributed by atoms with Crippen molar-refractivity contribution in [2.24, 2.45) is 0 Å². The van der Waals surface area contributed by atoms with Gasteiger partial charge in [-0.25, -0.2) is 0 Å². The Bertz CT molecular complexity index is 2150. The highest BCUT2D eigenvalue weighted by Gasteiger charge is 2.49. The highest BCUT2D eigenvalue weighted by Crippen LogP contribution is 2.51. The second-order valence-corrected chi connectivity index (χ2v) is 20.7. The minimum Gasteiger partial charge on any atom is -0.306 e. The molecule has 0 N–H and O–H groups in total. The van der Waals surface area contributed by atoms with Crippen LogP contribution in [-0.4, -0.2) is 34.7 Å². The van der Waals surface area contributed by atoms with Crippen LogP contribution in [0.1, 0.15) is 101 Å². The van der Waals surface area contributed by atoms with E-state index in [0.29, 0.717) is 24.2 Å². The van der Waals surface area contributed by atoms with Gasteiger partial charge in [-0.3, -0.25) is 9.59 Å². The first-order chi connectivity index (χ1) is 27.6. The molecule has 4 nitrogen and oxygen atoms in total. The van der Waals surface area contributed by atoms with Gasteiger partial charge in [-0.1, -0.05) is 90.2 Å². The summed E-state index contributed by atoms with van der Waals surface area (Å²) in [7, 11) is 0. The maximum atomic E-state index is 14.9. The summed E-state index contributed by atoms with van der Waals surface area (Å²) in [6.45, 7) is 5.73. The molecule has 290 valence electrons. The van der Waals surface area contributed by atoms with E-state index in [1.165, 1.54) is 90.4 Å². The lowest BCUT2D eigenvalue weighted by molar-refractivity contribution is -0.124. The molecule has 56 heavy (non-hydrogen) atoms. The summed E-state index contributed by atoms with van der Waals surface area (Å²) in [5, 5.41) is 4.24. The molecular formula is C46H48N2O2S6. The molecule has 2 amide bonds. The third-order valence-corrected chi connectivity index (χ3v) is 17.4. The van der Waals surface area contributed by atoms with Crippen LogP contribution < -0.4 is 0 Å². The van der Waals surface area contributed by atoms with Crippen molar-refractivity contribution in [3.8, 4) is 39.0 Å². The van der Waals surface area contributed by atoms with E-state index in [9.17, 15) is 9.59 Å². The number of thiophene rings is 6. The number of rotatable bonds is 20. The van der Waals surface area contributed by atoms with Crippen molar-refractivity contribution < 1.29 is 9.59 Å². The molecule has 0 aliphatic carbocycles. The molecule has 2 aliphatic rings. The van der Waals surface area contributed by atoms with Gasteiger partial charge in [-0.15, -0.1) is 68.0 Å². The van der Waals surface area contributed by atoms with Crippen molar-refractivity contribution in [1.82, 2.24) is 9.80 Å². The van der Waals surface area contributed by atoms with Gasteiger partial charge in [0, 0.05) is 52.1 Å². The van der Waals surface area contributed by atoms with E-state index in [-0.39, 0.29) is 11.8 Å². The number of amides is 2. The third kappa shape index (κ3) is 8.29. The molecular weight excluding hydrogens is 805 g/mol. The molecule has 10 heteroatoms. The highest BCUT2D eigenvalue weighted by molar-refractivity contribution is 7.27. The zero-order chi connectivity index (χ0) is 38.4. The summed E-state index contributed by atoms with van der Waals surface area (Å²) in [5.74, 6) is -0.0380. The van der Waals surface area contributed by atoms with Crippen LogP contribution in [-0.2, 0) is 9.59 Å². The zero-order valence-electron chi connectivity index (χ0n) is 32.1. The lowest BCUT2D eigenvalue weighted by atomic mass is 10.1. The molecule has 8 rings (SSSR count). The molecule has 0 saturated heterocycles. The summed E-state index contributed by atoms with van der Waals surface area (Å²) in [4.78, 5) is 45.6. The average molecular weight is 853 g/mol. The van der Waals surface area contributed by atoms with Crippen molar-refractivity contribution in [2.75, 3.05) is 13.1 Å². The van der Waals surface area contributed by atoms with E-state index < -0.39 is 0 Å². The lowest BCUT2D eigenvalue weighted by Gasteiger charge is -2.24. The minimum absolute atomic E-state index is 0.0190. The molecule has 0 atom stereocenters. The number of carbonyl (C=O) groups excluding carboxylic acids is 2. The molecule has 0 saturated carbocycles. The summed E-state index contributed by atoms with van der Waals surface area (Å²) >= 11 is 10.5. The molecule has 6 aromatic rings. The number of fused-ring (bicyclic) bond motifs is 1. The Balaban J connectivity index is 1.17. The Morgan fingerprint density at radius 2 is 0.714 bits per heavy atom. The molecule has 0 spiro atoms. The van der Waals surface area contributed by atoms with Crippen LogP contribution >= 0.6 is 68.0 Å². The Hall–Kier alpha value is -3.38. The summed E-state index contributed by atoms with van der Waals surface area (Å²) < 4.78 is 0. The van der Waals surface area contributed by atoms with Gasteiger partial charge in [0.05, 0.1) is 32.3 Å². The van der Waals surface area contributed by atoms with E-state index in [4.69, 9.17) is 0 Å². The van der Waals surface area contributed by atoms with Gasteiger partial charge in [0.1, 0.15) is 0 Å². The van der Waals surface area contributed by atoms with Crippen LogP contribution in [0.2, 0.25) is 0 Å². The van der Waals surface area contributed by atoms with Crippen LogP contribution in [0.5, 0.6) is 0 Å². The predicted octanol–water partition coefficient (Wildman–Crippen LogP) is 15.3. The number of unbranched alkanes of at least 4 members (excludes halogenated alkanes) is 10. The fraction of sp³-hybridized carbons (Fsp3) is 0.348. The van der Waals surface area contributed by atoms with Gasteiger partial charge in [-0.05, 0) is 84.3 Å². The largest absolute Gasteiger partial charge is 0.306 e. The second kappa shape index (κ2) is 18.5. The maximum Gasteiger partial charge on any atom is 0.261 e. The van der Waals surface area contributed by atoms with E-state index in [2.05, 4.69) is 97.4 Å². The quantitative estimate of drug-likeness (QED) is 0.0718. The van der Waals surface area contributed by atoms with E-state index in [1.54, 1.807) is 68.0 Å². The number of carbonyl (C=O) groups is 2. The SMILES string of the molecule is CCCCCCCCN1C(=O)C2=C(c3ccc(-c4ccc(-c5cccs5)s4)s3)N(CCCCCCCC)C(=O)C2=C1c1ccc(-c2ccc(-c3cccs3)s2)s1. The molecule has 6 aromatic heterocycles. The summed E-state index contributed by atoms with van der Waals surface area (Å²) in [6, 6.07) is 26.0. The normalized spacial score (nSPS) is 14.4. The Morgan fingerprint density at radius 3 is 1.07 bits per heavy atom. The molecule has 8 heterocycles. The molecule has 0 radical (unpaired) electrons. The van der Waals surface area contributed by atoms with Crippen LogP contribution in [0.25, 0.3) is 50.4 Å². The first-order valence-corrected chi connectivity index (χ1v) is 25.2. The third-order valence-electron chi connectivity index (χ3n) is 10.6. The van der Waals surface area contributed by atoms with Crippen molar-refractivity contribution in [3.63, 3.8) is 0 Å². The van der Waals surface area contributed by atoms with Gasteiger partial charge >= 0.3 is 0 Å². The van der Waals surface area contributed by atoms with Gasteiger partial charge in [0.15, 0.2) is 0 Å². The highest BCUT2D eigenvalue weighted by atomic mass is 32.1. The molecule has 0 aromatic carbocycles. The minimum atomic E-state index is -0.0190. The smallest absolute Gasteiger partial charge is 0.261 e. The topological polar surface area (TPSA) is 40.6 Å². The van der Waals surface area contributed by atoms with Crippen molar-refractivity contribution in [2.45, 2.75) is 90.9 Å². The van der Waals surface area contributed by atoms with Gasteiger partial charge in [0.2, 0.25) is 0 Å². The van der Waals surface area contributed by atoms with Crippen LogP contribution in [0.4, 0.5) is 0 Å². The van der Waals surface area contributed by atoms with Crippen molar-refractivity contribution in [1.29, 1.82) is 0 Å². The Morgan fingerprint density at radius 1 is 0.393 bits per heavy atom. The van der Waals surface area contributed by atoms with E-state index >= 15 is 0 Å². The monoisotopic (exact) mass is 852 g/mol. The van der Waals surface area contributed by atoms with E-state index in [0.717, 1.165) is 46.8 Å². The summed E-state index contributed by atoms with van der Waals surface area (Å²) in [6.07, 6.45) is 13.7. The first-order valence-electron chi connectivity index (χ1n) is 20.2. The number of nitrogens with zero attached hydrogens (tertiary/aromatic N) is 2. The van der Waals surface area contributed by atoms with Gasteiger partial charge in [-0.2, -0.15) is 0 Å². The molecule has 0 unspecified atom stereocenters. The van der Waals surface area contributed by atoms with Gasteiger partial charge in [0.25, 0.3) is 11.8 Å². The lowest BCUT2D eigenvalue weighted by Crippen LogP contribution is -2.30. The number of hydrogen-bond donors (Lipinski definition) is 0. The van der Waals surface area contributed by atoms with E-state index in [1.807, 2.05) is 9.80 Å². The first kappa shape index (κ1) is 39.4. The van der Waals surface area contributed by atoms with Crippen LogP contribution in [0, 0.1) is 0 Å². The van der Waals surface area contributed by atoms with Gasteiger partial charge < -0.3 is 9.80 Å². The number of hydrogen-bond acceptors (Lipinski definition) is 8. The Kier molecular flexibility index (Phi) is 13.0. The standard InChI is InChI=1S/C46H48N2O2S6/c1-3-5-7-9-11-13-27-47-43(39-25-23-37(55-39)35-21-19-33(53-35)31-17-15-29-51-31)41-42(45(47)49)44(48(46(41)50)28-14-12-10-8-6-4-2)40-26-24-38(56-40)36-22-20-34(54-36)32-18-16-30-52-32/h15-26,29-30H,3-14,27-28H2,1-2H3. The van der Waals surface area contributed by atoms with Crippen LogP contribution in [0.3, 0.4) is 0 Å². The Labute approximate surface area is 355 Å². The molecule has 2 aliphatic heterocycles. The second-order valence-electron chi connectivity index (χ2n) is 14.5. The predicted molar refractivity (Wildman–Crippen MR) is 246 cm³/mol. The van der Waals surface area contributed by atoms with Crippen LogP contribution in [0.15, 0.2) is 94.7 Å². The molecule has 0 bridgehead atoms. The molecule has 0 fully saturated rings. The fourth-order valence-corrected chi connectivity index (χ4v) is 13.7. The fourth-order valence-electron chi connectivity index (χ4n) is 7.67. The van der Waals surface area contributed by atoms with Crippen molar-refractivity contribution >= 4 is 91.2 Å². The zero-order valence-corrected chi connectivity index (χ0v) is 37.0. The van der Waals surface area contributed by atoms with Crippen molar-refractivity contribution in [3.05, 3.63) is 104 Å².